The van der Waals surface area contributed by atoms with Gasteiger partial charge in [0.05, 0.1) is 0 Å². The van der Waals surface area contributed by atoms with Crippen LogP contribution in [0.1, 0.15) is 36.8 Å². The predicted molar refractivity (Wildman–Crippen MR) is 114 cm³/mol. The maximum absolute atomic E-state index is 12.8. The van der Waals surface area contributed by atoms with E-state index in [0.717, 1.165) is 49.3 Å². The molecule has 1 N–H and O–H groups in total. The third-order valence-corrected chi connectivity index (χ3v) is 6.70. The molecule has 0 spiro atoms. The molecule has 6 heteroatoms. The summed E-state index contributed by atoms with van der Waals surface area (Å²) in [5.74, 6) is 0.689. The van der Waals surface area contributed by atoms with Crippen molar-refractivity contribution in [3.8, 4) is 5.75 Å². The Kier molecular flexibility index (Phi) is 4.95. The Morgan fingerprint density at radius 3 is 2.47 bits per heavy atom. The molecule has 5 rings (SSSR count). The van der Waals surface area contributed by atoms with E-state index in [-0.39, 0.29) is 29.6 Å². The molecule has 0 aliphatic carbocycles. The van der Waals surface area contributed by atoms with Crippen molar-refractivity contribution in [3.63, 3.8) is 0 Å². The summed E-state index contributed by atoms with van der Waals surface area (Å²) in [5, 5.41) is 9.72. The van der Waals surface area contributed by atoms with Gasteiger partial charge in [0.15, 0.2) is 0 Å². The van der Waals surface area contributed by atoms with Gasteiger partial charge in [0.25, 0.3) is 0 Å². The van der Waals surface area contributed by atoms with E-state index < -0.39 is 0 Å². The van der Waals surface area contributed by atoms with Crippen molar-refractivity contribution in [1.82, 2.24) is 9.80 Å². The highest BCUT2D eigenvalue weighted by Crippen LogP contribution is 2.35. The molecular weight excluding hydrogens is 378 g/mol. The fourth-order valence-corrected chi connectivity index (χ4v) is 5.20. The van der Waals surface area contributed by atoms with Crippen LogP contribution in [0.25, 0.3) is 0 Å². The number of rotatable bonds is 5. The van der Waals surface area contributed by atoms with E-state index >= 15 is 0 Å². The van der Waals surface area contributed by atoms with Gasteiger partial charge in [-0.05, 0) is 48.2 Å². The predicted octanol–water partition coefficient (Wildman–Crippen LogP) is 2.89. The van der Waals surface area contributed by atoms with Crippen LogP contribution in [-0.4, -0.2) is 51.9 Å². The lowest BCUT2D eigenvalue weighted by Gasteiger charge is -2.26. The van der Waals surface area contributed by atoms with E-state index in [1.807, 2.05) is 46.2 Å². The minimum atomic E-state index is 0.193. The minimum absolute atomic E-state index is 0.193. The summed E-state index contributed by atoms with van der Waals surface area (Å²) in [6.07, 6.45) is 3.09. The average Bonchev–Trinajstić information content (AvgIpc) is 3.41. The number of hydrogen-bond donors (Lipinski definition) is 1. The lowest BCUT2D eigenvalue weighted by Crippen LogP contribution is -2.36. The van der Waals surface area contributed by atoms with E-state index in [0.29, 0.717) is 19.4 Å². The highest BCUT2D eigenvalue weighted by atomic mass is 16.3. The molecular formula is C24H27N3O3. The quantitative estimate of drug-likeness (QED) is 0.831. The molecule has 3 fully saturated rings. The second-order valence-corrected chi connectivity index (χ2v) is 8.60. The van der Waals surface area contributed by atoms with E-state index in [1.54, 1.807) is 12.1 Å². The molecule has 6 nitrogen and oxygen atoms in total. The summed E-state index contributed by atoms with van der Waals surface area (Å²) in [6, 6.07) is 15.9. The minimum Gasteiger partial charge on any atom is -0.508 e. The van der Waals surface area contributed by atoms with Gasteiger partial charge in [0.1, 0.15) is 5.75 Å². The highest BCUT2D eigenvalue weighted by molar-refractivity contribution is 5.95. The van der Waals surface area contributed by atoms with Gasteiger partial charge in [-0.1, -0.05) is 24.3 Å². The first-order valence-electron chi connectivity index (χ1n) is 10.8. The summed E-state index contributed by atoms with van der Waals surface area (Å²) in [4.78, 5) is 31.0. The topological polar surface area (TPSA) is 64.1 Å². The van der Waals surface area contributed by atoms with Crippen LogP contribution in [0.15, 0.2) is 48.5 Å². The molecule has 30 heavy (non-hydrogen) atoms. The molecule has 0 saturated carbocycles. The van der Waals surface area contributed by atoms with Gasteiger partial charge in [-0.25, -0.2) is 0 Å². The molecule has 2 aromatic carbocycles. The maximum Gasteiger partial charge on any atom is 0.227 e. The molecule has 156 valence electrons. The van der Waals surface area contributed by atoms with E-state index in [4.69, 9.17) is 0 Å². The second-order valence-electron chi connectivity index (χ2n) is 8.60. The fraction of sp³-hybridized carbons (Fsp3) is 0.417. The van der Waals surface area contributed by atoms with Crippen LogP contribution in [0.3, 0.4) is 0 Å². The highest BCUT2D eigenvalue weighted by Gasteiger charge is 2.46. The van der Waals surface area contributed by atoms with Gasteiger partial charge in [0, 0.05) is 56.8 Å². The molecule has 0 unspecified atom stereocenters. The van der Waals surface area contributed by atoms with Crippen LogP contribution in [0.2, 0.25) is 0 Å². The zero-order chi connectivity index (χ0) is 20.7. The third kappa shape index (κ3) is 3.56. The van der Waals surface area contributed by atoms with Gasteiger partial charge in [-0.3, -0.25) is 14.5 Å². The van der Waals surface area contributed by atoms with E-state index in [2.05, 4.69) is 4.90 Å². The van der Waals surface area contributed by atoms with Gasteiger partial charge in [-0.2, -0.15) is 0 Å². The molecule has 2 aromatic rings. The van der Waals surface area contributed by atoms with Gasteiger partial charge in [-0.15, -0.1) is 0 Å². The number of aromatic hydroxyl groups is 1. The van der Waals surface area contributed by atoms with Crippen molar-refractivity contribution in [2.24, 2.45) is 0 Å². The van der Waals surface area contributed by atoms with Crippen LogP contribution in [0, 0.1) is 0 Å². The number of hydrogen-bond acceptors (Lipinski definition) is 4. The molecule has 3 saturated heterocycles. The molecule has 3 heterocycles. The van der Waals surface area contributed by atoms with Crippen LogP contribution in [0.5, 0.6) is 5.75 Å². The average molecular weight is 405 g/mol. The molecule has 0 aromatic heterocycles. The van der Waals surface area contributed by atoms with Gasteiger partial charge < -0.3 is 14.9 Å². The van der Waals surface area contributed by atoms with Crippen molar-refractivity contribution < 1.29 is 14.7 Å². The van der Waals surface area contributed by atoms with Crippen LogP contribution >= 0.6 is 0 Å². The third-order valence-electron chi connectivity index (χ3n) is 6.70. The van der Waals surface area contributed by atoms with Crippen LogP contribution < -0.4 is 4.90 Å². The number of phenolic OH excluding ortho intramolecular Hbond substituents is 1. The SMILES string of the molecule is O=C1CCCN1c1ccc(CN2C(=O)C[C@H]3[C@@H]2CCN3Cc2cccc(O)c2)cc1. The number of fused-ring (bicyclic) bond motifs is 1. The number of carbonyl (C=O) groups excluding carboxylic acids is 2. The Balaban J connectivity index is 1.25. The summed E-state index contributed by atoms with van der Waals surface area (Å²) in [5.41, 5.74) is 3.13. The number of carbonyl (C=O) groups is 2. The summed E-state index contributed by atoms with van der Waals surface area (Å²) >= 11 is 0. The summed E-state index contributed by atoms with van der Waals surface area (Å²) < 4.78 is 0. The second kappa shape index (κ2) is 7.76. The van der Waals surface area contributed by atoms with Crippen molar-refractivity contribution in [2.45, 2.75) is 50.9 Å². The first-order valence-corrected chi connectivity index (χ1v) is 10.8. The molecule has 3 aliphatic heterocycles. The standard InChI is InChI=1S/C24H27N3O3/c28-20-4-1-3-18(13-20)15-25-12-10-21-22(25)14-24(30)27(21)16-17-6-8-19(9-7-17)26-11-2-5-23(26)29/h1,3-4,6-9,13,21-22,28H,2,5,10-12,14-16H2/t21-,22-/m0/s1. The number of benzene rings is 2. The normalized spacial score (nSPS) is 24.1. The molecule has 3 aliphatic rings. The first-order chi connectivity index (χ1) is 14.6. The Bertz CT molecular complexity index is 958. The van der Waals surface area contributed by atoms with E-state index in [1.165, 1.54) is 0 Å². The van der Waals surface area contributed by atoms with Crippen molar-refractivity contribution >= 4 is 17.5 Å². The van der Waals surface area contributed by atoms with E-state index in [9.17, 15) is 14.7 Å². The molecule has 2 amide bonds. The largest absolute Gasteiger partial charge is 0.508 e. The summed E-state index contributed by atoms with van der Waals surface area (Å²) in [6.45, 7) is 3.13. The number of likely N-dealkylation sites (tertiary alicyclic amines) is 2. The zero-order valence-electron chi connectivity index (χ0n) is 17.0. The van der Waals surface area contributed by atoms with Crippen molar-refractivity contribution in [3.05, 3.63) is 59.7 Å². The lowest BCUT2D eigenvalue weighted by molar-refractivity contribution is -0.129. The Morgan fingerprint density at radius 1 is 0.900 bits per heavy atom. The Morgan fingerprint density at radius 2 is 1.73 bits per heavy atom. The fourth-order valence-electron chi connectivity index (χ4n) is 5.20. The monoisotopic (exact) mass is 405 g/mol. The smallest absolute Gasteiger partial charge is 0.227 e. The van der Waals surface area contributed by atoms with Gasteiger partial charge >= 0.3 is 0 Å². The Hall–Kier alpha value is -2.86. The Labute approximate surface area is 176 Å². The van der Waals surface area contributed by atoms with Crippen LogP contribution in [0.4, 0.5) is 5.69 Å². The maximum atomic E-state index is 12.8. The molecule has 0 radical (unpaired) electrons. The van der Waals surface area contributed by atoms with Gasteiger partial charge in [0.2, 0.25) is 11.8 Å². The summed E-state index contributed by atoms with van der Waals surface area (Å²) in [7, 11) is 0. The number of amides is 2. The molecule has 2 atom stereocenters. The number of anilines is 1. The van der Waals surface area contributed by atoms with Crippen molar-refractivity contribution in [1.29, 1.82) is 0 Å². The number of nitrogens with zero attached hydrogens (tertiary/aromatic N) is 3. The number of phenols is 1. The van der Waals surface area contributed by atoms with Crippen LogP contribution in [-0.2, 0) is 22.7 Å². The lowest BCUT2D eigenvalue weighted by atomic mass is 10.1. The first kappa shape index (κ1) is 19.1. The van der Waals surface area contributed by atoms with Crippen molar-refractivity contribution in [2.75, 3.05) is 18.0 Å². The zero-order valence-corrected chi connectivity index (χ0v) is 17.0. The molecule has 0 bridgehead atoms.